The van der Waals surface area contributed by atoms with Gasteiger partial charge in [0.1, 0.15) is 0 Å². The van der Waals surface area contributed by atoms with E-state index in [4.69, 9.17) is 0 Å². The van der Waals surface area contributed by atoms with Crippen molar-refractivity contribution in [1.29, 1.82) is 0 Å². The summed E-state index contributed by atoms with van der Waals surface area (Å²) in [6, 6.07) is 67.6. The first-order valence-corrected chi connectivity index (χ1v) is 20.4. The van der Waals surface area contributed by atoms with E-state index in [-0.39, 0.29) is 11.1 Å². The predicted molar refractivity (Wildman–Crippen MR) is 203 cm³/mol. The molecule has 0 aromatic heterocycles. The van der Waals surface area contributed by atoms with E-state index in [1.165, 1.54) is 31.1 Å². The van der Waals surface area contributed by atoms with Crippen LogP contribution >= 0.6 is 0 Å². The molecular weight excluding hydrogens is 585 g/mol. The zero-order valence-electron chi connectivity index (χ0n) is 25.9. The lowest BCUT2D eigenvalue weighted by Gasteiger charge is -2.41. The molecule has 6 aromatic rings. The molecule has 1 aliphatic carbocycles. The highest BCUT2D eigenvalue weighted by molar-refractivity contribution is 7.13. The average molecular weight is 623 g/mol. The molecule has 0 unspecified atom stereocenters. The summed E-state index contributed by atoms with van der Waals surface area (Å²) in [5.74, 6) is 0. The van der Waals surface area contributed by atoms with Gasteiger partial charge in [0, 0.05) is 11.1 Å². The van der Waals surface area contributed by atoms with Crippen molar-refractivity contribution in [2.24, 2.45) is 0 Å². The van der Waals surface area contributed by atoms with Crippen molar-refractivity contribution in [3.8, 4) is 0 Å². The first kappa shape index (κ1) is 29.7. The zero-order chi connectivity index (χ0) is 31.1. The van der Waals surface area contributed by atoms with Gasteiger partial charge >= 0.3 is 0 Å². The molecule has 0 N–H and O–H groups in total. The molecule has 0 spiro atoms. The molecule has 1 aliphatic rings. The van der Waals surface area contributed by atoms with E-state index < -0.39 is 16.1 Å². The summed E-state index contributed by atoms with van der Waals surface area (Å²) in [6.07, 6.45) is 14.7. The largest absolute Gasteiger partial charge is 0.158 e. The summed E-state index contributed by atoms with van der Waals surface area (Å²) in [5, 5.41) is 8.53. The van der Waals surface area contributed by atoms with Gasteiger partial charge in [-0.15, -0.1) is 0 Å². The zero-order valence-corrected chi connectivity index (χ0v) is 27.9. The molecule has 0 amide bonds. The summed E-state index contributed by atoms with van der Waals surface area (Å²) >= 11 is 0. The highest BCUT2D eigenvalue weighted by atomic mass is 28.3. The van der Waals surface area contributed by atoms with Crippen LogP contribution in [0.15, 0.2) is 218 Å². The van der Waals surface area contributed by atoms with Gasteiger partial charge in [0.15, 0.2) is 16.1 Å². The van der Waals surface area contributed by atoms with Crippen molar-refractivity contribution in [1.82, 2.24) is 0 Å². The van der Waals surface area contributed by atoms with Crippen LogP contribution in [0.2, 0.25) is 11.1 Å². The third-order valence-corrected chi connectivity index (χ3v) is 19.9. The monoisotopic (exact) mass is 622 g/mol. The van der Waals surface area contributed by atoms with E-state index in [0.717, 1.165) is 0 Å². The Kier molecular flexibility index (Phi) is 8.73. The van der Waals surface area contributed by atoms with Gasteiger partial charge in [-0.2, -0.15) is 0 Å². The minimum atomic E-state index is -2.60. The normalized spacial score (nSPS) is 18.5. The second-order valence-corrected chi connectivity index (χ2v) is 20.0. The maximum atomic E-state index is 2.57. The highest BCUT2D eigenvalue weighted by Gasteiger charge is 2.47. The summed E-state index contributed by atoms with van der Waals surface area (Å²) in [6.45, 7) is 0. The van der Waals surface area contributed by atoms with Crippen LogP contribution in [-0.2, 0) is 0 Å². The molecule has 0 nitrogen and oxygen atoms in total. The van der Waals surface area contributed by atoms with Crippen molar-refractivity contribution in [2.45, 2.75) is 11.1 Å². The van der Waals surface area contributed by atoms with Crippen LogP contribution in [0.3, 0.4) is 0 Å². The maximum absolute atomic E-state index is 2.60. The molecule has 0 fully saturated rings. The molecule has 7 rings (SSSR count). The van der Waals surface area contributed by atoms with Crippen LogP contribution in [-0.4, -0.2) is 16.1 Å². The lowest BCUT2D eigenvalue weighted by atomic mass is 10.2. The number of allylic oxidation sites excluding steroid dienone is 6. The molecule has 0 saturated heterocycles. The Morgan fingerprint density at radius 2 is 0.435 bits per heavy atom. The van der Waals surface area contributed by atoms with Gasteiger partial charge in [0.2, 0.25) is 0 Å². The molecule has 2 atom stereocenters. The van der Waals surface area contributed by atoms with Gasteiger partial charge in [-0.3, -0.25) is 0 Å². The van der Waals surface area contributed by atoms with Crippen LogP contribution in [0.1, 0.15) is 0 Å². The molecular formula is C44H38Si2. The van der Waals surface area contributed by atoms with Crippen molar-refractivity contribution < 1.29 is 0 Å². The van der Waals surface area contributed by atoms with Crippen LogP contribution in [0.25, 0.3) is 0 Å². The second kappa shape index (κ2) is 13.5. The molecule has 0 aliphatic heterocycles. The number of hydrogen-bond donors (Lipinski definition) is 0. The molecule has 6 aromatic carbocycles. The molecule has 0 heterocycles. The van der Waals surface area contributed by atoms with E-state index in [0.29, 0.717) is 0 Å². The summed E-state index contributed by atoms with van der Waals surface area (Å²) in [4.78, 5) is 0. The number of benzene rings is 6. The van der Waals surface area contributed by atoms with Crippen molar-refractivity contribution in [3.63, 3.8) is 0 Å². The fourth-order valence-electron chi connectivity index (χ4n) is 7.67. The summed E-state index contributed by atoms with van der Waals surface area (Å²) < 4.78 is 0. The topological polar surface area (TPSA) is 0 Å². The Morgan fingerprint density at radius 3 is 0.630 bits per heavy atom. The third-order valence-electron chi connectivity index (χ3n) is 9.65. The molecule has 46 heavy (non-hydrogen) atoms. The second-order valence-electron chi connectivity index (χ2n) is 12.0. The lowest BCUT2D eigenvalue weighted by Crippen LogP contribution is -2.70. The molecule has 0 radical (unpaired) electrons. The smallest absolute Gasteiger partial charge is 0.0830 e. The van der Waals surface area contributed by atoms with E-state index in [2.05, 4.69) is 218 Å². The standard InChI is InChI=1S/C44H38Si2/c1-7-21-37(22-8-1)45(38-23-9-2-10-24-38,39-25-11-3-12-26-39)43-33-19-20-34-44(36-35-43)46(40-27-13-4-14-28-40,41-29-15-5-16-30-41)42-31-17-6-18-32-42/h1-36,43-44H/b33-19-,34-20-,36-35-/t43-,44-/m1/s1. The summed E-state index contributed by atoms with van der Waals surface area (Å²) in [5.41, 5.74) is 0.391. The van der Waals surface area contributed by atoms with Gasteiger partial charge in [0.25, 0.3) is 0 Å². The van der Waals surface area contributed by atoms with Crippen LogP contribution in [0, 0.1) is 0 Å². The minimum Gasteiger partial charge on any atom is -0.0830 e. The van der Waals surface area contributed by atoms with Crippen molar-refractivity contribution >= 4 is 47.3 Å². The first-order valence-electron chi connectivity index (χ1n) is 16.2. The van der Waals surface area contributed by atoms with Crippen LogP contribution < -0.4 is 31.1 Å². The Hall–Kier alpha value is -5.03. The highest BCUT2D eigenvalue weighted by Crippen LogP contribution is 2.33. The Balaban J connectivity index is 1.49. The fraction of sp³-hybridized carbons (Fsp3) is 0.0455. The van der Waals surface area contributed by atoms with Crippen molar-refractivity contribution in [2.75, 3.05) is 0 Å². The molecule has 0 bridgehead atoms. The minimum absolute atomic E-state index is 0.196. The third kappa shape index (κ3) is 5.30. The van der Waals surface area contributed by atoms with Gasteiger partial charge in [-0.05, 0) is 31.1 Å². The maximum Gasteiger partial charge on any atom is 0.158 e. The van der Waals surface area contributed by atoms with E-state index in [9.17, 15) is 0 Å². The number of hydrogen-bond acceptors (Lipinski definition) is 0. The fourth-order valence-corrected chi connectivity index (χ4v) is 17.9. The van der Waals surface area contributed by atoms with E-state index in [1.54, 1.807) is 0 Å². The molecule has 2 heteroatoms. The Morgan fingerprint density at radius 1 is 0.239 bits per heavy atom. The first-order chi connectivity index (χ1) is 22.8. The van der Waals surface area contributed by atoms with Crippen LogP contribution in [0.5, 0.6) is 0 Å². The SMILES string of the molecule is C1=C\[C@@H]([Si](c2ccccc2)(c2ccccc2)c2ccccc2)/C=C\[C@H]([Si](c2ccccc2)(c2ccccc2)c2ccccc2)\C=C/1. The lowest BCUT2D eigenvalue weighted by molar-refractivity contribution is 1.22. The van der Waals surface area contributed by atoms with Gasteiger partial charge < -0.3 is 0 Å². The molecule has 0 saturated carbocycles. The van der Waals surface area contributed by atoms with E-state index >= 15 is 0 Å². The van der Waals surface area contributed by atoms with Crippen molar-refractivity contribution in [3.05, 3.63) is 218 Å². The summed E-state index contributed by atoms with van der Waals surface area (Å²) in [7, 11) is -5.19. The van der Waals surface area contributed by atoms with Gasteiger partial charge in [-0.25, -0.2) is 0 Å². The van der Waals surface area contributed by atoms with Gasteiger partial charge in [-0.1, -0.05) is 218 Å². The predicted octanol–water partition coefficient (Wildman–Crippen LogP) is 6.75. The Labute approximate surface area is 275 Å². The Bertz CT molecular complexity index is 1580. The average Bonchev–Trinajstić information content (AvgIpc) is 3.13. The van der Waals surface area contributed by atoms with Gasteiger partial charge in [0.05, 0.1) is 0 Å². The number of rotatable bonds is 8. The molecule has 222 valence electrons. The van der Waals surface area contributed by atoms with E-state index in [1.807, 2.05) is 0 Å². The quantitative estimate of drug-likeness (QED) is 0.100. The van der Waals surface area contributed by atoms with Crippen LogP contribution in [0.4, 0.5) is 0 Å².